The summed E-state index contributed by atoms with van der Waals surface area (Å²) in [5.41, 5.74) is 1.39. The van der Waals surface area contributed by atoms with Crippen LogP contribution in [0.4, 0.5) is 17.2 Å². The zero-order valence-electron chi connectivity index (χ0n) is 11.7. The van der Waals surface area contributed by atoms with Crippen molar-refractivity contribution >= 4 is 46.3 Å². The molecule has 0 atom stereocenters. The van der Waals surface area contributed by atoms with Crippen LogP contribution in [0.1, 0.15) is 10.6 Å². The number of carbonyl (C=O) groups is 1. The molecule has 5 nitrogen and oxygen atoms in total. The first-order valence-corrected chi connectivity index (χ1v) is 7.40. The average molecular weight is 348 g/mol. The van der Waals surface area contributed by atoms with Crippen molar-refractivity contribution in [2.24, 2.45) is 0 Å². The van der Waals surface area contributed by atoms with E-state index in [1.165, 1.54) is 6.26 Å². The maximum atomic E-state index is 11.8. The minimum Gasteiger partial charge on any atom is -0.459 e. The topological polar surface area (TPSA) is 67.2 Å². The van der Waals surface area contributed by atoms with Gasteiger partial charge in [-0.3, -0.25) is 4.79 Å². The van der Waals surface area contributed by atoms with Crippen LogP contribution in [0.3, 0.4) is 0 Å². The molecule has 0 saturated heterocycles. The Hall–Kier alpha value is -2.50. The number of nitrogens with zero attached hydrogens (tertiary/aromatic N) is 1. The molecule has 0 spiro atoms. The number of hydrogen-bond donors (Lipinski definition) is 2. The molecule has 0 aliphatic carbocycles. The second-order valence-corrected chi connectivity index (χ2v) is 5.46. The molecule has 0 aliphatic rings. The third-order valence-corrected chi connectivity index (χ3v) is 3.52. The Labute approximate surface area is 142 Å². The van der Waals surface area contributed by atoms with Crippen LogP contribution in [-0.2, 0) is 0 Å². The highest BCUT2D eigenvalue weighted by Crippen LogP contribution is 2.28. The molecule has 2 heterocycles. The first-order chi connectivity index (χ1) is 11.1. The number of pyridine rings is 1. The van der Waals surface area contributed by atoms with Gasteiger partial charge in [0.2, 0.25) is 0 Å². The molecule has 3 rings (SSSR count). The standard InChI is InChI=1S/C16H11Cl2N3O2/c17-10-3-5-12(18)13(8-10)20-11-4-6-15(19-9-11)21-16(22)14-2-1-7-23-14/h1-9,20H,(H,19,21,22). The first kappa shape index (κ1) is 15.4. The molecular weight excluding hydrogens is 337 g/mol. The van der Waals surface area contributed by atoms with E-state index < -0.39 is 0 Å². The van der Waals surface area contributed by atoms with Gasteiger partial charge in [-0.25, -0.2) is 4.98 Å². The van der Waals surface area contributed by atoms with E-state index in [2.05, 4.69) is 15.6 Å². The van der Waals surface area contributed by atoms with E-state index in [4.69, 9.17) is 27.6 Å². The van der Waals surface area contributed by atoms with Crippen LogP contribution in [0.25, 0.3) is 0 Å². The van der Waals surface area contributed by atoms with Crippen LogP contribution >= 0.6 is 23.2 Å². The molecule has 1 amide bonds. The van der Waals surface area contributed by atoms with Crippen molar-refractivity contribution in [1.82, 2.24) is 4.98 Å². The maximum Gasteiger partial charge on any atom is 0.292 e. The molecule has 0 fully saturated rings. The summed E-state index contributed by atoms with van der Waals surface area (Å²) >= 11 is 12.0. The number of carbonyl (C=O) groups excluding carboxylic acids is 1. The van der Waals surface area contributed by atoms with Gasteiger partial charge in [-0.1, -0.05) is 23.2 Å². The van der Waals surface area contributed by atoms with E-state index in [9.17, 15) is 4.79 Å². The molecular formula is C16H11Cl2N3O2. The average Bonchev–Trinajstić information content (AvgIpc) is 3.07. The zero-order valence-corrected chi connectivity index (χ0v) is 13.2. The summed E-state index contributed by atoms with van der Waals surface area (Å²) in [7, 11) is 0. The molecule has 2 N–H and O–H groups in total. The predicted octanol–water partition coefficient (Wildman–Crippen LogP) is 4.98. The van der Waals surface area contributed by atoms with Crippen molar-refractivity contribution in [2.75, 3.05) is 10.6 Å². The number of hydrogen-bond acceptors (Lipinski definition) is 4. The predicted molar refractivity (Wildman–Crippen MR) is 90.6 cm³/mol. The van der Waals surface area contributed by atoms with Gasteiger partial charge < -0.3 is 15.1 Å². The van der Waals surface area contributed by atoms with Gasteiger partial charge >= 0.3 is 0 Å². The highest BCUT2D eigenvalue weighted by atomic mass is 35.5. The Kier molecular flexibility index (Phi) is 4.50. The molecule has 1 aromatic carbocycles. The minimum absolute atomic E-state index is 0.222. The van der Waals surface area contributed by atoms with Crippen molar-refractivity contribution < 1.29 is 9.21 Å². The van der Waals surface area contributed by atoms with Gasteiger partial charge in [-0.15, -0.1) is 0 Å². The summed E-state index contributed by atoms with van der Waals surface area (Å²) < 4.78 is 5.02. The number of halogens is 2. The van der Waals surface area contributed by atoms with Crippen molar-refractivity contribution in [1.29, 1.82) is 0 Å². The van der Waals surface area contributed by atoms with Crippen molar-refractivity contribution in [3.8, 4) is 0 Å². The summed E-state index contributed by atoms with van der Waals surface area (Å²) in [6, 6.07) is 11.8. The second kappa shape index (κ2) is 6.73. The van der Waals surface area contributed by atoms with E-state index in [0.717, 1.165) is 0 Å². The fraction of sp³-hybridized carbons (Fsp3) is 0. The number of amides is 1. The van der Waals surface area contributed by atoms with Gasteiger partial charge in [0.05, 0.1) is 28.9 Å². The molecule has 116 valence electrons. The van der Waals surface area contributed by atoms with E-state index in [0.29, 0.717) is 27.2 Å². The van der Waals surface area contributed by atoms with Crippen LogP contribution < -0.4 is 10.6 Å². The maximum absolute atomic E-state index is 11.8. The molecule has 0 aliphatic heterocycles. The van der Waals surface area contributed by atoms with E-state index in [1.807, 2.05) is 0 Å². The fourth-order valence-electron chi connectivity index (χ4n) is 1.88. The number of furan rings is 1. The van der Waals surface area contributed by atoms with Gasteiger partial charge in [-0.2, -0.15) is 0 Å². The smallest absolute Gasteiger partial charge is 0.292 e. The van der Waals surface area contributed by atoms with Gasteiger partial charge in [0.15, 0.2) is 5.76 Å². The number of nitrogens with one attached hydrogen (secondary N) is 2. The molecule has 3 aromatic rings. The van der Waals surface area contributed by atoms with Crippen LogP contribution in [0.2, 0.25) is 10.0 Å². The fourth-order valence-corrected chi connectivity index (χ4v) is 2.21. The Balaban J connectivity index is 1.70. The summed E-state index contributed by atoms with van der Waals surface area (Å²) in [5, 5.41) is 6.87. The lowest BCUT2D eigenvalue weighted by Gasteiger charge is -2.09. The Bertz CT molecular complexity index is 818. The van der Waals surface area contributed by atoms with Crippen molar-refractivity contribution in [2.45, 2.75) is 0 Å². The Morgan fingerprint density at radius 1 is 1.13 bits per heavy atom. The van der Waals surface area contributed by atoms with E-state index in [-0.39, 0.29) is 11.7 Å². The van der Waals surface area contributed by atoms with Crippen molar-refractivity contribution in [3.05, 3.63) is 70.7 Å². The van der Waals surface area contributed by atoms with Crippen LogP contribution in [-0.4, -0.2) is 10.9 Å². The number of anilines is 3. The van der Waals surface area contributed by atoms with Gasteiger partial charge in [0.1, 0.15) is 5.82 Å². The second-order valence-electron chi connectivity index (χ2n) is 4.61. The summed E-state index contributed by atoms with van der Waals surface area (Å²) in [6.07, 6.45) is 3.01. The van der Waals surface area contributed by atoms with Gasteiger partial charge in [-0.05, 0) is 42.5 Å². The highest BCUT2D eigenvalue weighted by molar-refractivity contribution is 6.35. The largest absolute Gasteiger partial charge is 0.459 e. The van der Waals surface area contributed by atoms with E-state index >= 15 is 0 Å². The summed E-state index contributed by atoms with van der Waals surface area (Å²) in [4.78, 5) is 16.0. The Morgan fingerprint density at radius 3 is 2.70 bits per heavy atom. The molecule has 2 aromatic heterocycles. The zero-order chi connectivity index (χ0) is 16.2. The van der Waals surface area contributed by atoms with Crippen LogP contribution in [0, 0.1) is 0 Å². The lowest BCUT2D eigenvalue weighted by atomic mass is 10.3. The molecule has 0 unspecified atom stereocenters. The molecule has 7 heteroatoms. The number of rotatable bonds is 4. The minimum atomic E-state index is -0.360. The van der Waals surface area contributed by atoms with Crippen LogP contribution in [0.5, 0.6) is 0 Å². The summed E-state index contributed by atoms with van der Waals surface area (Å²) in [6.45, 7) is 0. The third kappa shape index (κ3) is 3.83. The Morgan fingerprint density at radius 2 is 2.00 bits per heavy atom. The molecule has 0 radical (unpaired) electrons. The molecule has 0 saturated carbocycles. The highest BCUT2D eigenvalue weighted by Gasteiger charge is 2.09. The normalized spacial score (nSPS) is 10.3. The lowest BCUT2D eigenvalue weighted by molar-refractivity contribution is 0.0996. The summed E-state index contributed by atoms with van der Waals surface area (Å²) in [5.74, 6) is 0.273. The molecule has 23 heavy (non-hydrogen) atoms. The van der Waals surface area contributed by atoms with Gasteiger partial charge in [0, 0.05) is 5.02 Å². The lowest BCUT2D eigenvalue weighted by Crippen LogP contribution is -2.11. The molecule has 0 bridgehead atoms. The van der Waals surface area contributed by atoms with E-state index in [1.54, 1.807) is 48.7 Å². The number of aromatic nitrogens is 1. The van der Waals surface area contributed by atoms with Gasteiger partial charge in [0.25, 0.3) is 5.91 Å². The SMILES string of the molecule is O=C(Nc1ccc(Nc2cc(Cl)ccc2Cl)cn1)c1ccco1. The first-order valence-electron chi connectivity index (χ1n) is 6.65. The van der Waals surface area contributed by atoms with Crippen LogP contribution in [0.15, 0.2) is 59.3 Å². The van der Waals surface area contributed by atoms with Crippen molar-refractivity contribution in [3.63, 3.8) is 0 Å². The number of benzene rings is 1. The quantitative estimate of drug-likeness (QED) is 0.698. The third-order valence-electron chi connectivity index (χ3n) is 2.96. The monoisotopic (exact) mass is 347 g/mol.